The molecule has 2 aromatic rings. The van der Waals surface area contributed by atoms with Gasteiger partial charge in [-0.1, -0.05) is 18.2 Å². The fraction of sp³-hybridized carbons (Fsp3) is 0.188. The SMILES string of the molecule is COc1cccc(Oc2ccccc2C(N)=O)c1C(C)N. The lowest BCUT2D eigenvalue weighted by molar-refractivity contribution is 0.0998. The Balaban J connectivity index is 2.48. The summed E-state index contributed by atoms with van der Waals surface area (Å²) in [4.78, 5) is 11.4. The van der Waals surface area contributed by atoms with Crippen LogP contribution in [0.1, 0.15) is 28.9 Å². The highest BCUT2D eigenvalue weighted by Crippen LogP contribution is 2.36. The van der Waals surface area contributed by atoms with Crippen LogP contribution in [-0.4, -0.2) is 13.0 Å². The summed E-state index contributed by atoms with van der Waals surface area (Å²) in [6.07, 6.45) is 0. The lowest BCUT2D eigenvalue weighted by atomic mass is 10.1. The van der Waals surface area contributed by atoms with Gasteiger partial charge in [-0.15, -0.1) is 0 Å². The Bertz CT molecular complexity index is 654. The van der Waals surface area contributed by atoms with E-state index in [0.29, 0.717) is 22.8 Å². The molecule has 110 valence electrons. The van der Waals surface area contributed by atoms with Gasteiger partial charge in [-0.05, 0) is 31.2 Å². The highest BCUT2D eigenvalue weighted by atomic mass is 16.5. The zero-order valence-electron chi connectivity index (χ0n) is 12.0. The average Bonchev–Trinajstić information content (AvgIpc) is 2.47. The number of rotatable bonds is 5. The summed E-state index contributed by atoms with van der Waals surface area (Å²) in [6.45, 7) is 1.84. The molecule has 0 spiro atoms. The van der Waals surface area contributed by atoms with E-state index in [1.165, 1.54) is 0 Å². The zero-order valence-corrected chi connectivity index (χ0v) is 12.0. The van der Waals surface area contributed by atoms with Crippen molar-refractivity contribution in [1.29, 1.82) is 0 Å². The van der Waals surface area contributed by atoms with E-state index in [4.69, 9.17) is 20.9 Å². The van der Waals surface area contributed by atoms with Crippen LogP contribution in [-0.2, 0) is 0 Å². The maximum atomic E-state index is 11.4. The Labute approximate surface area is 123 Å². The molecule has 5 nitrogen and oxygen atoms in total. The molecule has 0 fully saturated rings. The number of ether oxygens (including phenoxy) is 2. The van der Waals surface area contributed by atoms with Crippen molar-refractivity contribution < 1.29 is 14.3 Å². The first-order chi connectivity index (χ1) is 10.0. The number of benzene rings is 2. The molecule has 4 N–H and O–H groups in total. The van der Waals surface area contributed by atoms with Gasteiger partial charge in [-0.2, -0.15) is 0 Å². The monoisotopic (exact) mass is 286 g/mol. The fourth-order valence-corrected chi connectivity index (χ4v) is 2.12. The molecule has 1 amide bonds. The van der Waals surface area contributed by atoms with Crippen LogP contribution in [0, 0.1) is 0 Å². The van der Waals surface area contributed by atoms with Crippen molar-refractivity contribution in [2.75, 3.05) is 7.11 Å². The number of carbonyl (C=O) groups is 1. The van der Waals surface area contributed by atoms with Gasteiger partial charge in [0.2, 0.25) is 0 Å². The molecule has 2 rings (SSSR count). The summed E-state index contributed by atoms with van der Waals surface area (Å²) in [5, 5.41) is 0. The number of hydrogen-bond donors (Lipinski definition) is 2. The minimum Gasteiger partial charge on any atom is -0.496 e. The number of carbonyl (C=O) groups excluding carboxylic acids is 1. The van der Waals surface area contributed by atoms with Gasteiger partial charge in [0.05, 0.1) is 18.2 Å². The van der Waals surface area contributed by atoms with E-state index in [-0.39, 0.29) is 6.04 Å². The first-order valence-corrected chi connectivity index (χ1v) is 6.53. The summed E-state index contributed by atoms with van der Waals surface area (Å²) in [6, 6.07) is 11.9. The zero-order chi connectivity index (χ0) is 15.4. The van der Waals surface area contributed by atoms with Gasteiger partial charge in [0.1, 0.15) is 17.2 Å². The smallest absolute Gasteiger partial charge is 0.252 e. The number of nitrogens with two attached hydrogens (primary N) is 2. The average molecular weight is 286 g/mol. The molecule has 0 saturated heterocycles. The molecule has 2 aromatic carbocycles. The maximum Gasteiger partial charge on any atom is 0.252 e. The van der Waals surface area contributed by atoms with Crippen LogP contribution in [0.15, 0.2) is 42.5 Å². The topological polar surface area (TPSA) is 87.6 Å². The van der Waals surface area contributed by atoms with Crippen LogP contribution in [0.2, 0.25) is 0 Å². The second kappa shape index (κ2) is 6.28. The molecule has 0 aromatic heterocycles. The number of amides is 1. The van der Waals surface area contributed by atoms with Crippen molar-refractivity contribution in [2.24, 2.45) is 11.5 Å². The molecule has 0 radical (unpaired) electrons. The second-order valence-corrected chi connectivity index (χ2v) is 4.62. The Hall–Kier alpha value is -2.53. The largest absolute Gasteiger partial charge is 0.496 e. The molecular formula is C16H18N2O3. The standard InChI is InChI=1S/C16H18N2O3/c1-10(17)15-13(20-2)8-5-9-14(15)21-12-7-4-3-6-11(12)16(18)19/h3-10H,17H2,1-2H3,(H2,18,19). The van der Waals surface area contributed by atoms with Crippen molar-refractivity contribution in [3.05, 3.63) is 53.6 Å². The first-order valence-electron chi connectivity index (χ1n) is 6.53. The van der Waals surface area contributed by atoms with Crippen molar-refractivity contribution in [2.45, 2.75) is 13.0 Å². The van der Waals surface area contributed by atoms with Gasteiger partial charge in [0, 0.05) is 6.04 Å². The second-order valence-electron chi connectivity index (χ2n) is 4.62. The molecule has 0 saturated carbocycles. The first kappa shape index (κ1) is 14.9. The maximum absolute atomic E-state index is 11.4. The van der Waals surface area contributed by atoms with Crippen LogP contribution < -0.4 is 20.9 Å². The Morgan fingerprint density at radius 2 is 1.67 bits per heavy atom. The lowest BCUT2D eigenvalue weighted by Crippen LogP contribution is -2.13. The third-order valence-corrected chi connectivity index (χ3v) is 3.07. The van der Waals surface area contributed by atoms with E-state index in [9.17, 15) is 4.79 Å². The highest BCUT2D eigenvalue weighted by molar-refractivity contribution is 5.95. The number of hydrogen-bond acceptors (Lipinski definition) is 4. The van der Waals surface area contributed by atoms with Crippen LogP contribution in [0.5, 0.6) is 17.2 Å². The van der Waals surface area contributed by atoms with E-state index in [1.807, 2.05) is 13.0 Å². The normalized spacial score (nSPS) is 11.8. The third-order valence-electron chi connectivity index (χ3n) is 3.07. The summed E-state index contributed by atoms with van der Waals surface area (Å²) in [5.74, 6) is 1.02. The predicted octanol–water partition coefficient (Wildman–Crippen LogP) is 2.61. The van der Waals surface area contributed by atoms with E-state index in [2.05, 4.69) is 0 Å². The fourth-order valence-electron chi connectivity index (χ4n) is 2.12. The van der Waals surface area contributed by atoms with E-state index in [0.717, 1.165) is 5.56 Å². The molecule has 0 heterocycles. The van der Waals surface area contributed by atoms with Gasteiger partial charge < -0.3 is 20.9 Å². The Morgan fingerprint density at radius 3 is 2.29 bits per heavy atom. The summed E-state index contributed by atoms with van der Waals surface area (Å²) in [5.41, 5.74) is 12.4. The van der Waals surface area contributed by atoms with Crippen molar-refractivity contribution in [3.8, 4) is 17.2 Å². The Kier molecular flexibility index (Phi) is 4.45. The molecular weight excluding hydrogens is 268 g/mol. The minimum absolute atomic E-state index is 0.281. The Morgan fingerprint density at radius 1 is 1.05 bits per heavy atom. The van der Waals surface area contributed by atoms with Crippen LogP contribution in [0.25, 0.3) is 0 Å². The molecule has 0 aliphatic heterocycles. The molecule has 1 unspecified atom stereocenters. The van der Waals surface area contributed by atoms with Crippen molar-refractivity contribution in [1.82, 2.24) is 0 Å². The summed E-state index contributed by atoms with van der Waals surface area (Å²) >= 11 is 0. The quantitative estimate of drug-likeness (QED) is 0.884. The molecule has 0 aliphatic carbocycles. The van der Waals surface area contributed by atoms with Gasteiger partial charge >= 0.3 is 0 Å². The van der Waals surface area contributed by atoms with E-state index in [1.54, 1.807) is 43.5 Å². The van der Waals surface area contributed by atoms with Crippen molar-refractivity contribution in [3.63, 3.8) is 0 Å². The highest BCUT2D eigenvalue weighted by Gasteiger charge is 2.17. The molecule has 0 bridgehead atoms. The summed E-state index contributed by atoms with van der Waals surface area (Å²) in [7, 11) is 1.57. The van der Waals surface area contributed by atoms with Gasteiger partial charge in [-0.3, -0.25) is 4.79 Å². The van der Waals surface area contributed by atoms with E-state index < -0.39 is 5.91 Å². The number of para-hydroxylation sites is 1. The van der Waals surface area contributed by atoms with Gasteiger partial charge in [-0.25, -0.2) is 0 Å². The van der Waals surface area contributed by atoms with Crippen LogP contribution in [0.3, 0.4) is 0 Å². The van der Waals surface area contributed by atoms with Crippen LogP contribution >= 0.6 is 0 Å². The molecule has 21 heavy (non-hydrogen) atoms. The van der Waals surface area contributed by atoms with Crippen molar-refractivity contribution >= 4 is 5.91 Å². The number of primary amides is 1. The lowest BCUT2D eigenvalue weighted by Gasteiger charge is -2.18. The van der Waals surface area contributed by atoms with E-state index >= 15 is 0 Å². The van der Waals surface area contributed by atoms with Gasteiger partial charge in [0.15, 0.2) is 0 Å². The molecule has 0 aliphatic rings. The molecule has 5 heteroatoms. The summed E-state index contributed by atoms with van der Waals surface area (Å²) < 4.78 is 11.2. The van der Waals surface area contributed by atoms with Crippen LogP contribution in [0.4, 0.5) is 0 Å². The van der Waals surface area contributed by atoms with Gasteiger partial charge in [0.25, 0.3) is 5.91 Å². The minimum atomic E-state index is -0.546. The molecule has 1 atom stereocenters. The predicted molar refractivity (Wildman–Crippen MR) is 80.6 cm³/mol. The third kappa shape index (κ3) is 3.14. The number of methoxy groups -OCH3 is 1.